The number of nitrogens with zero attached hydrogens (tertiary/aromatic N) is 5. The third-order valence-corrected chi connectivity index (χ3v) is 4.10. The topological polar surface area (TPSA) is 69.6 Å². The Bertz CT molecular complexity index is 1000. The average Bonchev–Trinajstić information content (AvgIpc) is 3.13. The van der Waals surface area contributed by atoms with E-state index in [0.717, 1.165) is 11.3 Å². The lowest BCUT2D eigenvalue weighted by Gasteiger charge is -2.02. The van der Waals surface area contributed by atoms with Crippen molar-refractivity contribution in [3.8, 4) is 23.1 Å². The van der Waals surface area contributed by atoms with E-state index >= 15 is 0 Å². The summed E-state index contributed by atoms with van der Waals surface area (Å²) in [7, 11) is 2.02. The van der Waals surface area contributed by atoms with Gasteiger partial charge in [-0.2, -0.15) is 10.1 Å². The van der Waals surface area contributed by atoms with Gasteiger partial charge in [0.15, 0.2) is 0 Å². The molecular formula is C17H15N5O. The first-order valence-electron chi connectivity index (χ1n) is 7.33. The zero-order valence-electron chi connectivity index (χ0n) is 13.1. The Balaban J connectivity index is 1.91. The molecule has 1 aromatic carbocycles. The summed E-state index contributed by atoms with van der Waals surface area (Å²) in [5, 5.41) is 13.1. The second-order valence-electron chi connectivity index (χ2n) is 5.54. The standard InChI is InChI=1S/C17H15N5O/c1-10-6-4-7-12-11(2)15(22(3)14(10)12)17-19-16(21-23-17)13-8-5-9-18-20-13/h4-9H,1-3H3. The molecule has 0 bridgehead atoms. The SMILES string of the molecule is Cc1c(-c2nc(-c3cccnn3)no2)n(C)c2c(C)cccc12. The van der Waals surface area contributed by atoms with E-state index in [1.165, 1.54) is 16.5 Å². The molecule has 6 nitrogen and oxygen atoms in total. The molecule has 0 aliphatic carbocycles. The fourth-order valence-corrected chi connectivity index (χ4v) is 3.05. The second-order valence-corrected chi connectivity index (χ2v) is 5.54. The largest absolute Gasteiger partial charge is 0.339 e. The Hall–Kier alpha value is -3.02. The molecule has 0 atom stereocenters. The van der Waals surface area contributed by atoms with Crippen LogP contribution in [-0.4, -0.2) is 24.9 Å². The van der Waals surface area contributed by atoms with E-state index in [1.807, 2.05) is 7.05 Å². The Morgan fingerprint density at radius 3 is 2.70 bits per heavy atom. The molecule has 0 spiro atoms. The Morgan fingerprint density at radius 1 is 1.09 bits per heavy atom. The highest BCUT2D eigenvalue weighted by Crippen LogP contribution is 2.33. The van der Waals surface area contributed by atoms with Crippen LogP contribution in [0.4, 0.5) is 0 Å². The van der Waals surface area contributed by atoms with Gasteiger partial charge in [0, 0.05) is 18.6 Å². The number of hydrogen-bond donors (Lipinski definition) is 0. The zero-order valence-corrected chi connectivity index (χ0v) is 13.1. The first kappa shape index (κ1) is 13.6. The predicted octanol–water partition coefficient (Wildman–Crippen LogP) is 3.30. The van der Waals surface area contributed by atoms with Crippen LogP contribution in [0.3, 0.4) is 0 Å². The van der Waals surface area contributed by atoms with Gasteiger partial charge in [0.2, 0.25) is 5.82 Å². The molecule has 23 heavy (non-hydrogen) atoms. The van der Waals surface area contributed by atoms with Gasteiger partial charge in [-0.3, -0.25) is 0 Å². The molecule has 4 rings (SSSR count). The van der Waals surface area contributed by atoms with Gasteiger partial charge in [-0.05, 0) is 37.1 Å². The van der Waals surface area contributed by atoms with Gasteiger partial charge in [0.05, 0.1) is 5.52 Å². The smallest absolute Gasteiger partial charge is 0.275 e. The van der Waals surface area contributed by atoms with Gasteiger partial charge in [0.25, 0.3) is 5.89 Å². The van der Waals surface area contributed by atoms with Crippen LogP contribution in [0.15, 0.2) is 41.1 Å². The molecule has 3 heterocycles. The highest BCUT2D eigenvalue weighted by atomic mass is 16.5. The number of aryl methyl sites for hydroxylation is 3. The van der Waals surface area contributed by atoms with Gasteiger partial charge >= 0.3 is 0 Å². The van der Waals surface area contributed by atoms with E-state index in [4.69, 9.17) is 4.52 Å². The summed E-state index contributed by atoms with van der Waals surface area (Å²) in [6.07, 6.45) is 1.61. The Kier molecular flexibility index (Phi) is 2.97. The second kappa shape index (κ2) is 5.01. The Labute approximate surface area is 132 Å². The molecule has 0 amide bonds. The summed E-state index contributed by atoms with van der Waals surface area (Å²) in [5.41, 5.74) is 5.04. The summed E-state index contributed by atoms with van der Waals surface area (Å²) < 4.78 is 7.59. The molecule has 0 saturated heterocycles. The number of para-hydroxylation sites is 1. The molecule has 3 aromatic heterocycles. The minimum absolute atomic E-state index is 0.439. The summed E-state index contributed by atoms with van der Waals surface area (Å²) in [6, 6.07) is 9.88. The molecule has 0 unspecified atom stereocenters. The summed E-state index contributed by atoms with van der Waals surface area (Å²) in [4.78, 5) is 4.50. The molecule has 0 aliphatic rings. The third kappa shape index (κ3) is 2.03. The number of aromatic nitrogens is 5. The van der Waals surface area contributed by atoms with Crippen molar-refractivity contribution in [1.82, 2.24) is 24.9 Å². The van der Waals surface area contributed by atoms with Crippen molar-refractivity contribution < 1.29 is 4.52 Å². The van der Waals surface area contributed by atoms with Crippen molar-refractivity contribution in [2.24, 2.45) is 7.05 Å². The lowest BCUT2D eigenvalue weighted by Crippen LogP contribution is -1.94. The monoisotopic (exact) mass is 305 g/mol. The fraction of sp³-hybridized carbons (Fsp3) is 0.176. The fourth-order valence-electron chi connectivity index (χ4n) is 3.05. The van der Waals surface area contributed by atoms with Crippen LogP contribution in [0.25, 0.3) is 34.0 Å². The van der Waals surface area contributed by atoms with E-state index < -0.39 is 0 Å². The van der Waals surface area contributed by atoms with E-state index in [2.05, 4.69) is 57.0 Å². The number of rotatable bonds is 2. The van der Waals surface area contributed by atoms with E-state index in [9.17, 15) is 0 Å². The van der Waals surface area contributed by atoms with Crippen molar-refractivity contribution in [2.45, 2.75) is 13.8 Å². The lowest BCUT2D eigenvalue weighted by molar-refractivity contribution is 0.429. The van der Waals surface area contributed by atoms with Crippen LogP contribution in [0.5, 0.6) is 0 Å². The molecular weight excluding hydrogens is 290 g/mol. The highest BCUT2D eigenvalue weighted by molar-refractivity contribution is 5.92. The molecule has 114 valence electrons. The van der Waals surface area contributed by atoms with E-state index in [-0.39, 0.29) is 0 Å². The van der Waals surface area contributed by atoms with Gasteiger partial charge in [-0.1, -0.05) is 23.4 Å². The van der Waals surface area contributed by atoms with Crippen LogP contribution >= 0.6 is 0 Å². The third-order valence-electron chi connectivity index (χ3n) is 4.10. The first-order valence-corrected chi connectivity index (χ1v) is 7.33. The summed E-state index contributed by atoms with van der Waals surface area (Å²) in [6.45, 7) is 4.17. The summed E-state index contributed by atoms with van der Waals surface area (Å²) in [5.74, 6) is 0.927. The van der Waals surface area contributed by atoms with Gasteiger partial charge in [0.1, 0.15) is 11.4 Å². The maximum atomic E-state index is 5.49. The van der Waals surface area contributed by atoms with Gasteiger partial charge < -0.3 is 9.09 Å². The van der Waals surface area contributed by atoms with Crippen LogP contribution in [0.1, 0.15) is 11.1 Å². The number of fused-ring (bicyclic) bond motifs is 1. The minimum Gasteiger partial charge on any atom is -0.339 e. The maximum absolute atomic E-state index is 5.49. The van der Waals surface area contributed by atoms with Crippen molar-refractivity contribution in [3.05, 3.63) is 47.7 Å². The maximum Gasteiger partial charge on any atom is 0.275 e. The molecule has 6 heteroatoms. The van der Waals surface area contributed by atoms with Crippen molar-refractivity contribution in [3.63, 3.8) is 0 Å². The van der Waals surface area contributed by atoms with Crippen LogP contribution in [0, 0.1) is 13.8 Å². The lowest BCUT2D eigenvalue weighted by atomic mass is 10.1. The van der Waals surface area contributed by atoms with Crippen molar-refractivity contribution in [2.75, 3.05) is 0 Å². The molecule has 0 fully saturated rings. The minimum atomic E-state index is 0.439. The predicted molar refractivity (Wildman–Crippen MR) is 86.7 cm³/mol. The molecule has 4 aromatic rings. The summed E-state index contributed by atoms with van der Waals surface area (Å²) >= 11 is 0. The Morgan fingerprint density at radius 2 is 1.96 bits per heavy atom. The molecule has 0 aliphatic heterocycles. The van der Waals surface area contributed by atoms with Crippen LogP contribution in [0.2, 0.25) is 0 Å². The van der Waals surface area contributed by atoms with Crippen LogP contribution in [-0.2, 0) is 7.05 Å². The molecule has 0 N–H and O–H groups in total. The van der Waals surface area contributed by atoms with E-state index in [1.54, 1.807) is 18.3 Å². The molecule has 0 saturated carbocycles. The van der Waals surface area contributed by atoms with Crippen molar-refractivity contribution in [1.29, 1.82) is 0 Å². The quantitative estimate of drug-likeness (QED) is 0.568. The van der Waals surface area contributed by atoms with Gasteiger partial charge in [-0.25, -0.2) is 0 Å². The van der Waals surface area contributed by atoms with Crippen molar-refractivity contribution >= 4 is 10.9 Å². The number of hydrogen-bond acceptors (Lipinski definition) is 5. The normalized spacial score (nSPS) is 11.3. The van der Waals surface area contributed by atoms with Gasteiger partial charge in [-0.15, -0.1) is 5.10 Å². The zero-order chi connectivity index (χ0) is 16.0. The highest BCUT2D eigenvalue weighted by Gasteiger charge is 2.20. The van der Waals surface area contributed by atoms with Crippen LogP contribution < -0.4 is 0 Å². The average molecular weight is 305 g/mol. The number of benzene rings is 1. The van der Waals surface area contributed by atoms with E-state index in [0.29, 0.717) is 17.4 Å². The molecule has 0 radical (unpaired) electrons. The first-order chi connectivity index (χ1) is 11.2.